The number of carbonyl (C=O) groups excluding carboxylic acids is 1. The zero-order chi connectivity index (χ0) is 11.5. The lowest BCUT2D eigenvalue weighted by atomic mass is 10.1. The maximum atomic E-state index is 12.2. The minimum atomic E-state index is -0.128. The largest absolute Gasteiger partial charge is 0.432 e. The highest BCUT2D eigenvalue weighted by Crippen LogP contribution is 2.23. The fourth-order valence-corrected chi connectivity index (χ4v) is 2.14. The summed E-state index contributed by atoms with van der Waals surface area (Å²) in [5.74, 6) is 0.0509. The molecule has 1 aliphatic heterocycles. The van der Waals surface area contributed by atoms with E-state index in [1.807, 2.05) is 14.0 Å². The average molecular weight is 223 g/mol. The number of nitrogens with one attached hydrogen (secondary N) is 1. The highest BCUT2D eigenvalue weighted by atomic mass is 16.4. The van der Waals surface area contributed by atoms with Gasteiger partial charge in [0.15, 0.2) is 0 Å². The van der Waals surface area contributed by atoms with Crippen LogP contribution in [0, 0.1) is 0 Å². The van der Waals surface area contributed by atoms with E-state index < -0.39 is 0 Å². The molecule has 2 atom stereocenters. The van der Waals surface area contributed by atoms with E-state index in [1.54, 1.807) is 11.1 Å². The van der Waals surface area contributed by atoms with Crippen molar-refractivity contribution in [2.24, 2.45) is 0 Å². The molecule has 1 aromatic heterocycles. The first-order valence-electron chi connectivity index (χ1n) is 5.64. The van der Waals surface area contributed by atoms with Crippen LogP contribution in [-0.4, -0.2) is 30.0 Å². The average Bonchev–Trinajstić information content (AvgIpc) is 2.73. The Morgan fingerprint density at radius 3 is 3.00 bits per heavy atom. The molecular formula is C11H17N3O2. The van der Waals surface area contributed by atoms with Gasteiger partial charge in [-0.05, 0) is 33.2 Å². The van der Waals surface area contributed by atoms with Crippen molar-refractivity contribution in [1.82, 2.24) is 10.3 Å². The number of anilines is 1. The van der Waals surface area contributed by atoms with E-state index in [1.165, 1.54) is 6.26 Å². The van der Waals surface area contributed by atoms with Crippen molar-refractivity contribution in [3.63, 3.8) is 0 Å². The molecule has 16 heavy (non-hydrogen) atoms. The number of likely N-dealkylation sites (N-methyl/N-ethyl adjacent to an activating group) is 1. The number of hydrogen-bond donors (Lipinski definition) is 1. The topological polar surface area (TPSA) is 58.4 Å². The minimum Gasteiger partial charge on any atom is -0.432 e. The minimum absolute atomic E-state index is 0.0509. The van der Waals surface area contributed by atoms with Crippen molar-refractivity contribution < 1.29 is 9.21 Å². The summed E-state index contributed by atoms with van der Waals surface area (Å²) in [6, 6.07) is 0.418. The fourth-order valence-electron chi connectivity index (χ4n) is 2.14. The number of nitrogens with zero attached hydrogens (tertiary/aromatic N) is 2. The van der Waals surface area contributed by atoms with E-state index >= 15 is 0 Å². The van der Waals surface area contributed by atoms with Crippen LogP contribution in [0.15, 0.2) is 16.9 Å². The van der Waals surface area contributed by atoms with Gasteiger partial charge < -0.3 is 9.73 Å². The predicted molar refractivity (Wildman–Crippen MR) is 60.1 cm³/mol. The Hall–Kier alpha value is -1.36. The smallest absolute Gasteiger partial charge is 0.304 e. The molecule has 0 aromatic carbocycles. The lowest BCUT2D eigenvalue weighted by molar-refractivity contribution is -0.120. The van der Waals surface area contributed by atoms with Crippen molar-refractivity contribution in [1.29, 1.82) is 0 Å². The number of aromatic nitrogens is 1. The summed E-state index contributed by atoms with van der Waals surface area (Å²) < 4.78 is 5.23. The Kier molecular flexibility index (Phi) is 3.24. The Morgan fingerprint density at radius 1 is 1.56 bits per heavy atom. The number of oxazole rings is 1. The zero-order valence-electron chi connectivity index (χ0n) is 9.64. The SMILES string of the molecule is CNC1CCCC(C)N(c2ncco2)C1=O. The quantitative estimate of drug-likeness (QED) is 0.817. The number of rotatable bonds is 2. The monoisotopic (exact) mass is 223 g/mol. The molecule has 0 spiro atoms. The van der Waals surface area contributed by atoms with Crippen LogP contribution in [0.2, 0.25) is 0 Å². The molecule has 1 saturated heterocycles. The van der Waals surface area contributed by atoms with Crippen molar-refractivity contribution in [3.8, 4) is 0 Å². The highest BCUT2D eigenvalue weighted by Gasteiger charge is 2.33. The molecule has 2 rings (SSSR count). The van der Waals surface area contributed by atoms with E-state index in [9.17, 15) is 4.79 Å². The first-order chi connectivity index (χ1) is 7.74. The van der Waals surface area contributed by atoms with Gasteiger partial charge in [0.2, 0.25) is 5.91 Å². The van der Waals surface area contributed by atoms with E-state index in [0.717, 1.165) is 19.3 Å². The third kappa shape index (κ3) is 1.95. The van der Waals surface area contributed by atoms with Crippen LogP contribution in [-0.2, 0) is 4.79 Å². The summed E-state index contributed by atoms with van der Waals surface area (Å²) in [6.45, 7) is 2.03. The third-order valence-corrected chi connectivity index (χ3v) is 3.06. The van der Waals surface area contributed by atoms with Gasteiger partial charge in [0, 0.05) is 6.04 Å². The van der Waals surface area contributed by atoms with Crippen molar-refractivity contribution in [2.75, 3.05) is 11.9 Å². The van der Waals surface area contributed by atoms with Gasteiger partial charge in [-0.15, -0.1) is 0 Å². The molecule has 1 fully saturated rings. The first-order valence-corrected chi connectivity index (χ1v) is 5.64. The van der Waals surface area contributed by atoms with Gasteiger partial charge in [-0.3, -0.25) is 9.69 Å². The summed E-state index contributed by atoms with van der Waals surface area (Å²) >= 11 is 0. The molecule has 0 aliphatic carbocycles. The van der Waals surface area contributed by atoms with Gasteiger partial charge in [0.05, 0.1) is 12.2 Å². The van der Waals surface area contributed by atoms with E-state index in [2.05, 4.69) is 10.3 Å². The van der Waals surface area contributed by atoms with Crippen LogP contribution in [0.4, 0.5) is 6.01 Å². The fraction of sp³-hybridized carbons (Fsp3) is 0.636. The molecule has 0 saturated carbocycles. The van der Waals surface area contributed by atoms with Crippen LogP contribution in [0.25, 0.3) is 0 Å². The maximum Gasteiger partial charge on any atom is 0.304 e. The molecule has 0 bridgehead atoms. The second-order valence-electron chi connectivity index (χ2n) is 4.14. The van der Waals surface area contributed by atoms with E-state index in [0.29, 0.717) is 6.01 Å². The van der Waals surface area contributed by atoms with Gasteiger partial charge >= 0.3 is 6.01 Å². The molecule has 1 aromatic rings. The predicted octanol–water partition coefficient (Wildman–Crippen LogP) is 1.17. The summed E-state index contributed by atoms with van der Waals surface area (Å²) in [7, 11) is 1.81. The molecule has 0 radical (unpaired) electrons. The Labute approximate surface area is 94.8 Å². The molecule has 1 amide bonds. The lowest BCUT2D eigenvalue weighted by Crippen LogP contribution is -2.47. The first kappa shape index (κ1) is 11.1. The zero-order valence-corrected chi connectivity index (χ0v) is 9.64. The number of carbonyl (C=O) groups is 1. The Bertz CT molecular complexity index is 350. The van der Waals surface area contributed by atoms with Crippen molar-refractivity contribution in [2.45, 2.75) is 38.3 Å². The molecule has 5 heteroatoms. The number of amides is 1. The van der Waals surface area contributed by atoms with Crippen molar-refractivity contribution >= 4 is 11.9 Å². The van der Waals surface area contributed by atoms with E-state index in [4.69, 9.17) is 4.42 Å². The second kappa shape index (κ2) is 4.65. The summed E-state index contributed by atoms with van der Waals surface area (Å²) in [4.78, 5) is 18.0. The van der Waals surface area contributed by atoms with Crippen molar-refractivity contribution in [3.05, 3.63) is 12.5 Å². The highest BCUT2D eigenvalue weighted by molar-refractivity contribution is 5.96. The normalized spacial score (nSPS) is 26.9. The van der Waals surface area contributed by atoms with Crippen LogP contribution in [0.3, 0.4) is 0 Å². The van der Waals surface area contributed by atoms with Gasteiger partial charge in [-0.2, -0.15) is 0 Å². The van der Waals surface area contributed by atoms with Crippen LogP contribution >= 0.6 is 0 Å². The maximum absolute atomic E-state index is 12.2. The summed E-state index contributed by atoms with van der Waals surface area (Å²) in [5, 5.41) is 3.05. The molecule has 5 nitrogen and oxygen atoms in total. The second-order valence-corrected chi connectivity index (χ2v) is 4.14. The summed E-state index contributed by atoms with van der Waals surface area (Å²) in [6.07, 6.45) is 5.95. The lowest BCUT2D eigenvalue weighted by Gasteiger charge is -2.25. The van der Waals surface area contributed by atoms with Crippen LogP contribution in [0.5, 0.6) is 0 Å². The van der Waals surface area contributed by atoms with Gasteiger partial charge in [0.1, 0.15) is 6.26 Å². The molecule has 2 heterocycles. The van der Waals surface area contributed by atoms with Gasteiger partial charge in [-0.25, -0.2) is 4.98 Å². The molecule has 1 N–H and O–H groups in total. The third-order valence-electron chi connectivity index (χ3n) is 3.06. The molecule has 1 aliphatic rings. The van der Waals surface area contributed by atoms with Crippen LogP contribution in [0.1, 0.15) is 26.2 Å². The van der Waals surface area contributed by atoms with Gasteiger partial charge in [-0.1, -0.05) is 0 Å². The Morgan fingerprint density at radius 2 is 2.38 bits per heavy atom. The van der Waals surface area contributed by atoms with Crippen LogP contribution < -0.4 is 10.2 Å². The standard InChI is InChI=1S/C11H17N3O2/c1-8-4-3-5-9(12-2)10(15)14(8)11-13-6-7-16-11/h6-9,12H,3-5H2,1-2H3. The van der Waals surface area contributed by atoms with Gasteiger partial charge in [0.25, 0.3) is 0 Å². The Balaban J connectivity index is 2.27. The molecule has 88 valence electrons. The van der Waals surface area contributed by atoms with E-state index in [-0.39, 0.29) is 18.0 Å². The molecular weight excluding hydrogens is 206 g/mol. The summed E-state index contributed by atoms with van der Waals surface area (Å²) in [5.41, 5.74) is 0. The number of hydrogen-bond acceptors (Lipinski definition) is 4. The molecule has 2 unspecified atom stereocenters.